The van der Waals surface area contributed by atoms with Gasteiger partial charge in [-0.15, -0.1) is 0 Å². The Bertz CT molecular complexity index is 206. The molecular formula is C16H31N. The van der Waals surface area contributed by atoms with Crippen molar-refractivity contribution in [3.63, 3.8) is 0 Å². The Hall–Kier alpha value is -0.0400. The van der Waals surface area contributed by atoms with Crippen molar-refractivity contribution in [2.75, 3.05) is 6.54 Å². The van der Waals surface area contributed by atoms with Crippen LogP contribution in [0.2, 0.25) is 0 Å². The highest BCUT2D eigenvalue weighted by Gasteiger charge is 2.37. The van der Waals surface area contributed by atoms with Gasteiger partial charge in [0.2, 0.25) is 0 Å². The Kier molecular flexibility index (Phi) is 4.90. The molecule has 0 radical (unpaired) electrons. The summed E-state index contributed by atoms with van der Waals surface area (Å²) in [5.41, 5.74) is 0.802. The van der Waals surface area contributed by atoms with Crippen molar-refractivity contribution in [1.82, 2.24) is 5.32 Å². The van der Waals surface area contributed by atoms with Crippen LogP contribution >= 0.6 is 0 Å². The fraction of sp³-hybridized carbons (Fsp3) is 1.00. The van der Waals surface area contributed by atoms with Crippen LogP contribution in [-0.4, -0.2) is 12.6 Å². The molecule has 0 aliphatic heterocycles. The lowest BCUT2D eigenvalue weighted by Crippen LogP contribution is -2.37. The molecule has 0 aromatic heterocycles. The molecule has 0 bridgehead atoms. The molecule has 2 saturated carbocycles. The molecule has 0 atom stereocenters. The number of hydrogen-bond acceptors (Lipinski definition) is 1. The molecule has 17 heavy (non-hydrogen) atoms. The van der Waals surface area contributed by atoms with Gasteiger partial charge in [0.25, 0.3) is 0 Å². The molecule has 1 nitrogen and oxygen atoms in total. The van der Waals surface area contributed by atoms with Crippen LogP contribution in [0.1, 0.15) is 78.1 Å². The molecule has 0 unspecified atom stereocenters. The predicted molar refractivity (Wildman–Crippen MR) is 75.2 cm³/mol. The Morgan fingerprint density at radius 1 is 1.06 bits per heavy atom. The first kappa shape index (κ1) is 13.4. The van der Waals surface area contributed by atoms with Crippen molar-refractivity contribution in [1.29, 1.82) is 0 Å². The predicted octanol–water partition coefficient (Wildman–Crippen LogP) is 4.52. The van der Waals surface area contributed by atoms with E-state index in [1.807, 2.05) is 0 Å². The zero-order valence-electron chi connectivity index (χ0n) is 11.9. The van der Waals surface area contributed by atoms with Gasteiger partial charge in [-0.25, -0.2) is 0 Å². The van der Waals surface area contributed by atoms with E-state index in [0.29, 0.717) is 0 Å². The van der Waals surface area contributed by atoms with Crippen molar-refractivity contribution < 1.29 is 0 Å². The fourth-order valence-electron chi connectivity index (χ4n) is 3.88. The van der Waals surface area contributed by atoms with Crippen LogP contribution in [0.3, 0.4) is 0 Å². The molecule has 1 spiro atoms. The van der Waals surface area contributed by atoms with Gasteiger partial charge in [0.1, 0.15) is 0 Å². The summed E-state index contributed by atoms with van der Waals surface area (Å²) in [4.78, 5) is 0. The molecule has 0 aromatic rings. The van der Waals surface area contributed by atoms with Crippen molar-refractivity contribution in [2.24, 2.45) is 11.3 Å². The highest BCUT2D eigenvalue weighted by molar-refractivity contribution is 4.91. The minimum atomic E-state index is 0.802. The maximum atomic E-state index is 3.78. The second-order valence-electron chi connectivity index (χ2n) is 6.97. The third-order valence-corrected chi connectivity index (χ3v) is 5.10. The van der Waals surface area contributed by atoms with Crippen LogP contribution in [0.15, 0.2) is 0 Å². The van der Waals surface area contributed by atoms with E-state index in [9.17, 15) is 0 Å². The molecule has 0 saturated heterocycles. The van der Waals surface area contributed by atoms with E-state index in [0.717, 1.165) is 17.4 Å². The highest BCUT2D eigenvalue weighted by Crippen LogP contribution is 2.48. The minimum Gasteiger partial charge on any atom is -0.314 e. The molecule has 2 fully saturated rings. The number of rotatable bonds is 5. The smallest absolute Gasteiger partial charge is 0.00674 e. The summed E-state index contributed by atoms with van der Waals surface area (Å²) in [7, 11) is 0. The SMILES string of the molecule is CC(C)CCCNC1CCC2(CCCC2)CC1. The second kappa shape index (κ2) is 6.22. The van der Waals surface area contributed by atoms with Crippen LogP contribution in [0, 0.1) is 11.3 Å². The third kappa shape index (κ3) is 3.98. The summed E-state index contributed by atoms with van der Waals surface area (Å²) in [6.45, 7) is 5.89. The molecule has 2 rings (SSSR count). The quantitative estimate of drug-likeness (QED) is 0.693. The lowest BCUT2D eigenvalue weighted by atomic mass is 9.71. The normalized spacial score (nSPS) is 24.9. The first-order chi connectivity index (χ1) is 8.20. The Labute approximate surface area is 108 Å². The van der Waals surface area contributed by atoms with Crippen molar-refractivity contribution in [2.45, 2.75) is 84.1 Å². The lowest BCUT2D eigenvalue weighted by molar-refractivity contribution is 0.168. The van der Waals surface area contributed by atoms with Crippen LogP contribution in [-0.2, 0) is 0 Å². The first-order valence-electron chi connectivity index (χ1n) is 7.94. The molecular weight excluding hydrogens is 206 g/mol. The Balaban J connectivity index is 1.59. The van der Waals surface area contributed by atoms with Gasteiger partial charge in [-0.1, -0.05) is 26.7 Å². The van der Waals surface area contributed by atoms with Crippen LogP contribution in [0.25, 0.3) is 0 Å². The van der Waals surface area contributed by atoms with Gasteiger partial charge in [0, 0.05) is 6.04 Å². The van der Waals surface area contributed by atoms with Gasteiger partial charge < -0.3 is 5.32 Å². The van der Waals surface area contributed by atoms with E-state index in [2.05, 4.69) is 19.2 Å². The topological polar surface area (TPSA) is 12.0 Å². The number of hydrogen-bond donors (Lipinski definition) is 1. The van der Waals surface area contributed by atoms with Crippen LogP contribution in [0.5, 0.6) is 0 Å². The van der Waals surface area contributed by atoms with Gasteiger partial charge in [-0.2, -0.15) is 0 Å². The number of nitrogens with one attached hydrogen (secondary N) is 1. The Morgan fingerprint density at radius 2 is 1.71 bits per heavy atom. The van der Waals surface area contributed by atoms with Crippen molar-refractivity contribution in [3.05, 3.63) is 0 Å². The zero-order valence-corrected chi connectivity index (χ0v) is 11.9. The van der Waals surface area contributed by atoms with E-state index in [-0.39, 0.29) is 0 Å². The fourth-order valence-corrected chi connectivity index (χ4v) is 3.88. The summed E-state index contributed by atoms with van der Waals surface area (Å²) >= 11 is 0. The molecule has 2 aliphatic rings. The average molecular weight is 237 g/mol. The van der Waals surface area contributed by atoms with E-state index in [4.69, 9.17) is 0 Å². The molecule has 0 amide bonds. The summed E-state index contributed by atoms with van der Waals surface area (Å²) < 4.78 is 0. The minimum absolute atomic E-state index is 0.802. The maximum Gasteiger partial charge on any atom is 0.00674 e. The van der Waals surface area contributed by atoms with E-state index >= 15 is 0 Å². The monoisotopic (exact) mass is 237 g/mol. The standard InChI is InChI=1S/C16H31N/c1-14(2)6-5-13-17-15-7-11-16(12-8-15)9-3-4-10-16/h14-15,17H,3-13H2,1-2H3. The summed E-state index contributed by atoms with van der Waals surface area (Å²) in [6, 6.07) is 0.841. The van der Waals surface area contributed by atoms with Gasteiger partial charge in [0.05, 0.1) is 0 Å². The highest BCUT2D eigenvalue weighted by atomic mass is 14.9. The molecule has 1 heteroatoms. The van der Waals surface area contributed by atoms with Crippen molar-refractivity contribution in [3.8, 4) is 0 Å². The lowest BCUT2D eigenvalue weighted by Gasteiger charge is -2.37. The molecule has 100 valence electrons. The summed E-state index contributed by atoms with van der Waals surface area (Å²) in [5.74, 6) is 0.866. The van der Waals surface area contributed by atoms with Gasteiger partial charge in [-0.3, -0.25) is 0 Å². The van der Waals surface area contributed by atoms with Crippen LogP contribution in [0.4, 0.5) is 0 Å². The zero-order chi connectivity index (χ0) is 12.1. The summed E-state index contributed by atoms with van der Waals surface area (Å²) in [5, 5.41) is 3.78. The molecule has 0 aromatic carbocycles. The van der Waals surface area contributed by atoms with Crippen LogP contribution < -0.4 is 5.32 Å². The first-order valence-corrected chi connectivity index (χ1v) is 7.94. The van der Waals surface area contributed by atoms with E-state index in [1.54, 1.807) is 0 Å². The molecule has 2 aliphatic carbocycles. The summed E-state index contributed by atoms with van der Waals surface area (Å²) in [6.07, 6.45) is 14.7. The van der Waals surface area contributed by atoms with E-state index in [1.165, 1.54) is 70.8 Å². The largest absolute Gasteiger partial charge is 0.314 e. The second-order valence-corrected chi connectivity index (χ2v) is 6.97. The molecule has 0 heterocycles. The van der Waals surface area contributed by atoms with Gasteiger partial charge in [0.15, 0.2) is 0 Å². The van der Waals surface area contributed by atoms with Gasteiger partial charge in [-0.05, 0) is 69.2 Å². The van der Waals surface area contributed by atoms with Crippen molar-refractivity contribution >= 4 is 0 Å². The van der Waals surface area contributed by atoms with E-state index < -0.39 is 0 Å². The average Bonchev–Trinajstić information content (AvgIpc) is 2.75. The Morgan fingerprint density at radius 3 is 2.29 bits per heavy atom. The van der Waals surface area contributed by atoms with Gasteiger partial charge >= 0.3 is 0 Å². The third-order valence-electron chi connectivity index (χ3n) is 5.10. The maximum absolute atomic E-state index is 3.78. The molecule has 1 N–H and O–H groups in total.